The van der Waals surface area contributed by atoms with Crippen molar-refractivity contribution in [3.05, 3.63) is 41.4 Å². The molecular formula is C41H62IN18O16S4+3. The Labute approximate surface area is 482 Å². The third kappa shape index (κ3) is 18.7. The predicted octanol–water partition coefficient (Wildman–Crippen LogP) is -6.08. The number of thioether (sulfide) groups is 3. The lowest BCUT2D eigenvalue weighted by Crippen LogP contribution is -2.50. The lowest BCUT2D eigenvalue weighted by molar-refractivity contribution is -0.367. The third-order valence-electron chi connectivity index (χ3n) is 11.3. The normalized spacial score (nSPS) is 24.4. The lowest BCUT2D eigenvalue weighted by atomic mass is 10.1. The van der Waals surface area contributed by atoms with Crippen LogP contribution in [-0.2, 0) is 43.0 Å². The Kier molecular flexibility index (Phi) is 32.1. The molecule has 39 heteroatoms. The fourth-order valence-electron chi connectivity index (χ4n) is 7.50. The maximum atomic E-state index is 11.6. The number of nitrogens with two attached hydrogens (primary N) is 1. The minimum Gasteiger partial charge on any atom is -0.387 e. The minimum atomic E-state index is -1.17. The van der Waals surface area contributed by atoms with Crippen molar-refractivity contribution in [2.45, 2.75) is 99.8 Å². The van der Waals surface area contributed by atoms with Gasteiger partial charge in [-0.2, -0.15) is 73.4 Å². The molecule has 18 N–H and O–H groups in total. The van der Waals surface area contributed by atoms with E-state index in [4.69, 9.17) is 48.7 Å². The van der Waals surface area contributed by atoms with E-state index < -0.39 is 79.2 Å². The maximum Gasteiger partial charge on any atom is 0.373 e. The van der Waals surface area contributed by atoms with E-state index in [2.05, 4.69) is 82.5 Å². The summed E-state index contributed by atoms with van der Waals surface area (Å²) >= 11 is 6.84. The van der Waals surface area contributed by atoms with E-state index in [1.807, 2.05) is 28.1 Å². The fraction of sp³-hybridized carbons (Fsp3) is 0.610. The van der Waals surface area contributed by atoms with Crippen LogP contribution in [0, 0.1) is 6.92 Å². The maximum absolute atomic E-state index is 11.6. The number of thiol groups is 1. The van der Waals surface area contributed by atoms with E-state index >= 15 is 0 Å². The smallest absolute Gasteiger partial charge is 0.373 e. The Morgan fingerprint density at radius 2 is 1.00 bits per heavy atom. The van der Waals surface area contributed by atoms with E-state index in [1.165, 1.54) is 28.3 Å². The quantitative estimate of drug-likeness (QED) is 0.0216. The van der Waals surface area contributed by atoms with Gasteiger partial charge < -0.3 is 72.8 Å². The number of fused-ring (bicyclic) bond motifs is 3. The number of hydrogen-bond acceptors (Lipinski definition) is 31. The molecule has 3 aliphatic rings. The molecule has 6 aromatic rings. The minimum absolute atomic E-state index is 0.0612. The summed E-state index contributed by atoms with van der Waals surface area (Å²) in [6, 6.07) is 0. The highest BCUT2D eigenvalue weighted by Crippen LogP contribution is 2.35. The number of nitrogens with zero attached hydrogens (tertiary/aromatic N) is 13. The van der Waals surface area contributed by atoms with Crippen molar-refractivity contribution in [1.29, 1.82) is 0 Å². The predicted molar refractivity (Wildman–Crippen MR) is 288 cm³/mol. The summed E-state index contributed by atoms with van der Waals surface area (Å²) in [5.41, 5.74) is 19.7. The number of carbonyl (C=O) groups excluding carboxylic acids is 6. The lowest BCUT2D eigenvalue weighted by Gasteiger charge is -2.16. The van der Waals surface area contributed by atoms with Gasteiger partial charge in [-0.05, 0) is 45.4 Å². The summed E-state index contributed by atoms with van der Waals surface area (Å²) in [6.07, 6.45) is -0.819. The second-order valence-electron chi connectivity index (χ2n) is 16.4. The van der Waals surface area contributed by atoms with Crippen molar-refractivity contribution in [2.75, 3.05) is 59.9 Å². The molecule has 0 unspecified atom stereocenters. The van der Waals surface area contributed by atoms with Gasteiger partial charge in [0.2, 0.25) is 0 Å². The number of aliphatic hydroxyl groups excluding tert-OH is 6. The molecule has 9 rings (SSSR count). The van der Waals surface area contributed by atoms with Crippen LogP contribution >= 0.6 is 66.3 Å². The number of halogens is 1. The molecule has 9 heterocycles. The molecular weight excluding hydrogens is 1260 g/mol. The van der Waals surface area contributed by atoms with Crippen LogP contribution in [-0.4, -0.2) is 228 Å². The Bertz CT molecular complexity index is 2790. The molecule has 80 heavy (non-hydrogen) atoms. The average molecular weight is 1320 g/mol. The molecule has 0 aromatic carbocycles. The van der Waals surface area contributed by atoms with Crippen LogP contribution in [0.5, 0.6) is 0 Å². The van der Waals surface area contributed by atoms with Crippen LogP contribution in [0.1, 0.15) is 43.6 Å². The number of rotatable bonds is 18. The number of imidazole rings is 1. The van der Waals surface area contributed by atoms with E-state index in [1.54, 1.807) is 46.2 Å². The van der Waals surface area contributed by atoms with Gasteiger partial charge in [0.1, 0.15) is 54.8 Å². The molecule has 6 aromatic heterocycles. The van der Waals surface area contributed by atoms with Gasteiger partial charge in [-0.15, -0.1) is 20.0 Å². The highest BCUT2D eigenvalue weighted by atomic mass is 127. The van der Waals surface area contributed by atoms with Crippen LogP contribution in [0.15, 0.2) is 30.1 Å². The number of nitrogen functional groups attached to an aromatic ring is 1. The molecule has 34 nitrogen and oxygen atoms in total. The largest absolute Gasteiger partial charge is 0.387 e. The van der Waals surface area contributed by atoms with Gasteiger partial charge in [-0.3, -0.25) is 9.36 Å². The van der Waals surface area contributed by atoms with Crippen molar-refractivity contribution < 1.29 is 90.8 Å². The van der Waals surface area contributed by atoms with Gasteiger partial charge in [0.05, 0.1) is 56.3 Å². The molecule has 3 saturated heterocycles. The number of H-pyrrole nitrogens is 1. The summed E-state index contributed by atoms with van der Waals surface area (Å²) in [6.45, 7) is 4.48. The van der Waals surface area contributed by atoms with Gasteiger partial charge in [-0.1, -0.05) is 10.4 Å². The molecule has 0 bridgehead atoms. The Morgan fingerprint density at radius 1 is 0.600 bits per heavy atom. The molecule has 0 radical (unpaired) electrons. The summed E-state index contributed by atoms with van der Waals surface area (Å²) in [7, 11) is 3.50. The second kappa shape index (κ2) is 37.1. The van der Waals surface area contributed by atoms with Crippen LogP contribution < -0.4 is 28.5 Å². The molecule has 0 saturated carbocycles. The van der Waals surface area contributed by atoms with Crippen LogP contribution in [0.2, 0.25) is 0 Å². The third-order valence-corrected chi connectivity index (χ3v) is 14.8. The number of aromatic amines is 1. The molecule has 0 aliphatic carbocycles. The van der Waals surface area contributed by atoms with E-state index in [0.717, 1.165) is 61.8 Å². The number of quaternary nitrogens is 3. The van der Waals surface area contributed by atoms with Gasteiger partial charge in [0.25, 0.3) is 5.56 Å². The molecule has 0 spiro atoms. The number of aryl methyl sites for hydroxylation is 1. The van der Waals surface area contributed by atoms with Gasteiger partial charge in [0, 0.05) is 36.5 Å². The van der Waals surface area contributed by atoms with Crippen molar-refractivity contribution in [2.24, 2.45) is 0 Å². The van der Waals surface area contributed by atoms with Crippen molar-refractivity contribution in [3.8, 4) is 0 Å². The van der Waals surface area contributed by atoms with Crippen molar-refractivity contribution >= 4 is 124 Å². The first kappa shape index (κ1) is 69.2. The van der Waals surface area contributed by atoms with Crippen molar-refractivity contribution in [1.82, 2.24) is 69.4 Å². The van der Waals surface area contributed by atoms with Gasteiger partial charge >= 0.3 is 18.5 Å². The van der Waals surface area contributed by atoms with Crippen LogP contribution in [0.4, 0.5) is 5.82 Å². The summed E-state index contributed by atoms with van der Waals surface area (Å²) in [5, 5.41) is 76.9. The number of aliphatic hydroxyl groups is 6. The number of hydrogen-bond donors (Lipinski definition) is 12. The van der Waals surface area contributed by atoms with Crippen molar-refractivity contribution in [3.63, 3.8) is 0 Å². The molecule has 12 atom stereocenters. The number of ether oxygens (including phenoxy) is 3. The van der Waals surface area contributed by atoms with E-state index in [-0.39, 0.29) is 35.4 Å². The number of nitrogens with one attached hydrogen (secondary N) is 1. The standard InChI is InChI=1S/C14H21N5O3S.C12H19N7O3S.C12H18N6O4S.3CO2.HIS/c1-8-10-13(17-6-16-8)19(7-18-10)14-12(21)11(20)9(22-14)5-23-4-2-3-15;13-2-1-3-23-4-6-8(20)9(21)12(22-6)19-11-7(17-18-19)10(14)15-5-16-11;13-2-1-3-23-4-6-8(19)9(20)12(22-6)18-10-7(16-17-18)11(21)15-5-14-10;3*2-1-3;1-2/h6-7,9,11-12,14,20-21H,2-5,15H2,1H3;5-6,8-9,12,20-21H,1-4,13H2,(H2,14,15,16);5-6,8-9,12,19-20H,1-4,13H2,(H,14,15,21);;;;2H/p+3/t9-,11-,12-,14-;2*6-,8-,9-,12-;;;;/m111..../s1. The van der Waals surface area contributed by atoms with Crippen LogP contribution in [0.3, 0.4) is 0 Å². The summed E-state index contributed by atoms with van der Waals surface area (Å²) in [4.78, 5) is 87.4. The van der Waals surface area contributed by atoms with E-state index in [9.17, 15) is 35.4 Å². The fourth-order valence-corrected chi connectivity index (χ4v) is 10.7. The topological polar surface area (TPSA) is 537 Å². The monoisotopic (exact) mass is 1320 g/mol. The summed E-state index contributed by atoms with van der Waals surface area (Å²) < 4.78 is 21.6. The Morgan fingerprint density at radius 3 is 1.46 bits per heavy atom. The molecule has 440 valence electrons. The Balaban J connectivity index is 0.000000288. The average Bonchev–Trinajstić information content (AvgIpc) is 4.40. The summed E-state index contributed by atoms with van der Waals surface area (Å²) in [5.74, 6) is 4.79. The number of aromatic nitrogens is 14. The van der Waals surface area contributed by atoms with E-state index in [0.29, 0.717) is 39.6 Å². The molecule has 0 amide bonds. The SMILES string of the molecule is Cc1ncnc2c1ncn2[C@@H]1O[C@H](CSCCC[NH3+])[C@@H](O)[C@H]1O.Nc1ncnc2c1nnn2[C@@H]1O[C@H](CSCCC[NH3+])[C@@H](O)[C@H]1O.O=C=O.O=C=O.O=C=O.SI.[NH3+]CCCSC[C@H]1O[C@@H](n2nnc3c(=O)[nH]cnc32)[C@H](O)[C@@H]1O. The second-order valence-corrected chi connectivity index (χ2v) is 19.9. The molecule has 3 aliphatic heterocycles. The van der Waals surface area contributed by atoms with Gasteiger partial charge in [-0.25, -0.2) is 29.9 Å². The highest BCUT2D eigenvalue weighted by molar-refractivity contribution is 14.2. The Hall–Kier alpha value is -5.10. The van der Waals surface area contributed by atoms with Gasteiger partial charge in [0.15, 0.2) is 52.5 Å². The number of anilines is 1. The first-order chi connectivity index (χ1) is 38.6. The zero-order chi connectivity index (χ0) is 59.3. The zero-order valence-electron chi connectivity index (χ0n) is 42.6. The zero-order valence-corrected chi connectivity index (χ0v) is 48.1. The van der Waals surface area contributed by atoms with Crippen LogP contribution in [0.25, 0.3) is 33.5 Å². The first-order valence-corrected chi connectivity index (χ1v) is 30.4. The molecule has 3 fully saturated rings. The first-order valence-electron chi connectivity index (χ1n) is 23.7. The highest BCUT2D eigenvalue weighted by Gasteiger charge is 2.47.